The predicted octanol–water partition coefficient (Wildman–Crippen LogP) is 4.04. The highest BCUT2D eigenvalue weighted by atomic mass is 35.5. The maximum atomic E-state index is 11.6. The van der Waals surface area contributed by atoms with E-state index >= 15 is 0 Å². The number of carbonyl (C=O) groups excluding carboxylic acids is 1. The molecule has 0 aliphatic carbocycles. The molecule has 0 amide bonds. The van der Waals surface area contributed by atoms with Crippen molar-refractivity contribution in [2.75, 3.05) is 34.3 Å². The van der Waals surface area contributed by atoms with Crippen LogP contribution in [0.5, 0.6) is 0 Å². The Kier molecular flexibility index (Phi) is 7.91. The van der Waals surface area contributed by atoms with E-state index in [1.54, 1.807) is 0 Å². The van der Waals surface area contributed by atoms with E-state index in [0.717, 1.165) is 51.9 Å². The highest BCUT2D eigenvalue weighted by Gasteiger charge is 2.35. The van der Waals surface area contributed by atoms with Crippen LogP contribution in [0.3, 0.4) is 0 Å². The lowest BCUT2D eigenvalue weighted by Crippen LogP contribution is -2.36. The number of hydrogen-bond donors (Lipinski definition) is 1. The molecular formula is C28H35ClN2O3. The molecule has 0 radical (unpaired) electrons. The largest absolute Gasteiger partial charge is 0.550 e. The number of rotatable bonds is 6. The van der Waals surface area contributed by atoms with Gasteiger partial charge >= 0.3 is 0 Å². The molecule has 0 unspecified atom stereocenters. The number of benzene rings is 2. The zero-order chi connectivity index (χ0) is 25.1. The van der Waals surface area contributed by atoms with Gasteiger partial charge in [-0.25, -0.2) is 0 Å². The third-order valence-electron chi connectivity index (χ3n) is 5.99. The summed E-state index contributed by atoms with van der Waals surface area (Å²) in [4.78, 5) is 11.6. The Morgan fingerprint density at radius 1 is 1.03 bits per heavy atom. The average Bonchev–Trinajstić information content (AvgIpc) is 3.19. The van der Waals surface area contributed by atoms with Crippen LogP contribution in [-0.4, -0.2) is 54.4 Å². The number of halogens is 1. The van der Waals surface area contributed by atoms with Gasteiger partial charge in [0.1, 0.15) is 6.54 Å². The van der Waals surface area contributed by atoms with E-state index in [0.29, 0.717) is 5.02 Å². The fourth-order valence-electron chi connectivity index (χ4n) is 4.50. The molecule has 3 aromatic rings. The molecule has 1 N–H and O–H groups in total. The molecule has 4 rings (SSSR count). The number of likely N-dealkylation sites (N-methyl/N-ethyl adjacent to an activating group) is 1. The molecular weight excluding hydrogens is 448 g/mol. The van der Waals surface area contributed by atoms with Gasteiger partial charge in [0.05, 0.1) is 27.7 Å². The SMILES string of the molecule is CC1(C)Cc2c(-c3ccccc3)c(-c3ccc(Cl)cc3)c(CC(=O)[O-])n2C1.C[N+](C)(C)CCO. The van der Waals surface area contributed by atoms with Crippen molar-refractivity contribution >= 4 is 17.6 Å². The molecule has 0 bridgehead atoms. The van der Waals surface area contributed by atoms with Gasteiger partial charge in [-0.15, -0.1) is 0 Å². The van der Waals surface area contributed by atoms with Crippen molar-refractivity contribution < 1.29 is 19.5 Å². The van der Waals surface area contributed by atoms with Gasteiger partial charge in [-0.1, -0.05) is 67.9 Å². The minimum absolute atomic E-state index is 0.0953. The number of aliphatic hydroxyl groups is 1. The average molecular weight is 483 g/mol. The molecule has 6 heteroatoms. The fourth-order valence-corrected chi connectivity index (χ4v) is 4.62. The van der Waals surface area contributed by atoms with Gasteiger partial charge < -0.3 is 24.1 Å². The highest BCUT2D eigenvalue weighted by molar-refractivity contribution is 6.30. The number of quaternary nitrogens is 1. The number of aliphatic hydroxyl groups excluding tert-OH is 1. The number of aromatic nitrogens is 1. The van der Waals surface area contributed by atoms with Gasteiger partial charge in [-0.3, -0.25) is 0 Å². The minimum Gasteiger partial charge on any atom is -0.550 e. The first-order valence-corrected chi connectivity index (χ1v) is 12.0. The zero-order valence-corrected chi connectivity index (χ0v) is 21.5. The van der Waals surface area contributed by atoms with Gasteiger partial charge in [-0.2, -0.15) is 0 Å². The highest BCUT2D eigenvalue weighted by Crippen LogP contribution is 2.46. The minimum atomic E-state index is -1.06. The molecule has 182 valence electrons. The van der Waals surface area contributed by atoms with Crippen LogP contribution in [0.2, 0.25) is 5.02 Å². The molecule has 0 saturated carbocycles. The smallest absolute Gasteiger partial charge is 0.101 e. The standard InChI is InChI=1S/C23H22ClNO2.C5H14NO/c1-23(2)13-19-22(15-6-4-3-5-7-15)21(16-8-10-17(24)11-9-16)18(12-20(26)27)25(19)14-23;1-6(2,3)4-5-7/h3-11H,12-14H2,1-2H3,(H,26,27);7H,4-5H2,1-3H3/q;+1/p-1. The Morgan fingerprint density at radius 2 is 1.62 bits per heavy atom. The molecule has 2 heterocycles. The van der Waals surface area contributed by atoms with E-state index in [9.17, 15) is 9.90 Å². The van der Waals surface area contributed by atoms with Crippen molar-refractivity contribution in [3.05, 3.63) is 71.0 Å². The first-order chi connectivity index (χ1) is 15.9. The summed E-state index contributed by atoms with van der Waals surface area (Å²) in [6.45, 7) is 6.36. The predicted molar refractivity (Wildman–Crippen MR) is 136 cm³/mol. The second kappa shape index (κ2) is 10.3. The second-order valence-corrected chi connectivity index (χ2v) is 11.2. The van der Waals surface area contributed by atoms with Crippen molar-refractivity contribution in [2.24, 2.45) is 5.41 Å². The maximum absolute atomic E-state index is 11.6. The van der Waals surface area contributed by atoms with Crippen molar-refractivity contribution in [1.82, 2.24) is 4.57 Å². The summed E-state index contributed by atoms with van der Waals surface area (Å²) in [5.41, 5.74) is 6.30. The molecule has 5 nitrogen and oxygen atoms in total. The van der Waals surface area contributed by atoms with Gasteiger partial charge in [0.15, 0.2) is 0 Å². The Bertz CT molecular complexity index is 1130. The van der Waals surface area contributed by atoms with Crippen LogP contribution in [0.25, 0.3) is 22.3 Å². The lowest BCUT2D eigenvalue weighted by Gasteiger charge is -2.21. The number of carbonyl (C=O) groups is 1. The Labute approximate surface area is 207 Å². The Hall–Kier alpha value is -2.60. The number of fused-ring (bicyclic) bond motifs is 1. The van der Waals surface area contributed by atoms with Crippen LogP contribution < -0.4 is 5.11 Å². The van der Waals surface area contributed by atoms with Crippen molar-refractivity contribution in [2.45, 2.75) is 33.2 Å². The Morgan fingerprint density at radius 3 is 2.12 bits per heavy atom. The fraction of sp³-hybridized carbons (Fsp3) is 0.393. The monoisotopic (exact) mass is 482 g/mol. The number of nitrogens with zero attached hydrogens (tertiary/aromatic N) is 2. The summed E-state index contributed by atoms with van der Waals surface area (Å²) in [7, 11) is 6.16. The summed E-state index contributed by atoms with van der Waals surface area (Å²) < 4.78 is 3.04. The first-order valence-electron chi connectivity index (χ1n) is 11.6. The molecule has 0 spiro atoms. The quantitative estimate of drug-likeness (QED) is 0.539. The molecule has 34 heavy (non-hydrogen) atoms. The number of hydrogen-bond acceptors (Lipinski definition) is 3. The van der Waals surface area contributed by atoms with Crippen LogP contribution in [-0.2, 0) is 24.2 Å². The molecule has 2 aromatic carbocycles. The number of aliphatic carboxylic acids is 1. The van der Waals surface area contributed by atoms with Gasteiger partial charge in [0.2, 0.25) is 0 Å². The lowest BCUT2D eigenvalue weighted by atomic mass is 9.86. The summed E-state index contributed by atoms with van der Waals surface area (Å²) in [6, 6.07) is 17.8. The van der Waals surface area contributed by atoms with E-state index in [1.165, 1.54) is 5.69 Å². The molecule has 0 saturated heterocycles. The third-order valence-corrected chi connectivity index (χ3v) is 6.24. The summed E-state index contributed by atoms with van der Waals surface area (Å²) in [6.07, 6.45) is 0.804. The number of carboxylic acid groups (broad SMARTS) is 1. The van der Waals surface area contributed by atoms with Crippen LogP contribution in [0.4, 0.5) is 0 Å². The van der Waals surface area contributed by atoms with Gasteiger partial charge in [0, 0.05) is 46.5 Å². The molecule has 1 aliphatic heterocycles. The first kappa shape index (κ1) is 26.0. The summed E-state index contributed by atoms with van der Waals surface area (Å²) in [5.74, 6) is -1.06. The van der Waals surface area contributed by atoms with Crippen molar-refractivity contribution in [3.8, 4) is 22.3 Å². The van der Waals surface area contributed by atoms with Crippen LogP contribution in [0.15, 0.2) is 54.6 Å². The van der Waals surface area contributed by atoms with E-state index in [-0.39, 0.29) is 18.4 Å². The van der Waals surface area contributed by atoms with Gasteiger partial charge in [-0.05, 0) is 35.1 Å². The van der Waals surface area contributed by atoms with Crippen LogP contribution in [0.1, 0.15) is 25.2 Å². The topological polar surface area (TPSA) is 65.3 Å². The second-order valence-electron chi connectivity index (χ2n) is 10.7. The molecule has 0 atom stereocenters. The summed E-state index contributed by atoms with van der Waals surface area (Å²) >= 11 is 6.08. The molecule has 1 aromatic heterocycles. The third kappa shape index (κ3) is 6.29. The van der Waals surface area contributed by atoms with E-state index < -0.39 is 5.97 Å². The van der Waals surface area contributed by atoms with E-state index in [2.05, 4.69) is 51.7 Å². The van der Waals surface area contributed by atoms with Gasteiger partial charge in [0.25, 0.3) is 0 Å². The van der Waals surface area contributed by atoms with Crippen LogP contribution >= 0.6 is 11.6 Å². The van der Waals surface area contributed by atoms with E-state index in [1.807, 2.05) is 42.5 Å². The molecule has 1 aliphatic rings. The molecule has 0 fully saturated rings. The Balaban J connectivity index is 0.000000406. The van der Waals surface area contributed by atoms with Crippen LogP contribution in [0, 0.1) is 5.41 Å². The van der Waals surface area contributed by atoms with E-state index in [4.69, 9.17) is 16.7 Å². The zero-order valence-electron chi connectivity index (χ0n) is 20.8. The summed E-state index contributed by atoms with van der Waals surface area (Å²) in [5, 5.41) is 20.6. The van der Waals surface area contributed by atoms with Crippen molar-refractivity contribution in [1.29, 1.82) is 0 Å². The lowest BCUT2D eigenvalue weighted by molar-refractivity contribution is -0.870. The number of carboxylic acids is 1. The van der Waals surface area contributed by atoms with Crippen molar-refractivity contribution in [3.63, 3.8) is 0 Å². The maximum Gasteiger partial charge on any atom is 0.101 e. The normalized spacial score (nSPS) is 14.3.